The fourth-order valence-corrected chi connectivity index (χ4v) is 4.23. The number of hydrazine groups is 1. The molecule has 1 saturated carbocycles. The van der Waals surface area contributed by atoms with Crippen LogP contribution in [-0.4, -0.2) is 71.7 Å². The molecule has 3 rings (SSSR count). The third-order valence-corrected chi connectivity index (χ3v) is 6.12. The SMILES string of the molecule is CN1CCN(c2nc(C(F)F)nc(NNC(=O)[C@@H](CNC(=O)O)CC3CCCC3)c2F)CC1. The zero-order valence-electron chi connectivity index (χ0n) is 18.5. The molecule has 4 N–H and O–H groups in total. The Bertz CT molecular complexity index is 831. The van der Waals surface area contributed by atoms with Crippen molar-refractivity contribution in [2.24, 2.45) is 11.8 Å². The van der Waals surface area contributed by atoms with E-state index < -0.39 is 41.8 Å². The molecule has 1 aliphatic heterocycles. The number of halogens is 3. The van der Waals surface area contributed by atoms with Crippen molar-refractivity contribution in [3.63, 3.8) is 0 Å². The van der Waals surface area contributed by atoms with Crippen LogP contribution < -0.4 is 21.1 Å². The van der Waals surface area contributed by atoms with Gasteiger partial charge in [0.05, 0.1) is 5.92 Å². The number of likely N-dealkylation sites (N-methyl/N-ethyl adjacent to an activating group) is 1. The Kier molecular flexibility index (Phi) is 8.53. The Morgan fingerprint density at radius 1 is 1.15 bits per heavy atom. The molecule has 2 aliphatic rings. The lowest BCUT2D eigenvalue weighted by atomic mass is 9.92. The van der Waals surface area contributed by atoms with E-state index in [1.807, 2.05) is 11.9 Å². The number of aromatic nitrogens is 2. The summed E-state index contributed by atoms with van der Waals surface area (Å²) in [6, 6.07) is 0. The number of piperazine rings is 1. The lowest BCUT2D eigenvalue weighted by Gasteiger charge is -2.33. The number of rotatable bonds is 9. The molecule has 2 heterocycles. The van der Waals surface area contributed by atoms with Gasteiger partial charge < -0.3 is 20.2 Å². The second-order valence-electron chi connectivity index (χ2n) is 8.54. The van der Waals surface area contributed by atoms with Crippen LogP contribution in [0.15, 0.2) is 0 Å². The molecular formula is C20H30F3N7O3. The molecule has 0 unspecified atom stereocenters. The van der Waals surface area contributed by atoms with E-state index in [-0.39, 0.29) is 12.4 Å². The van der Waals surface area contributed by atoms with Crippen LogP contribution in [0.1, 0.15) is 44.4 Å². The summed E-state index contributed by atoms with van der Waals surface area (Å²) in [7, 11) is 1.90. The summed E-state index contributed by atoms with van der Waals surface area (Å²) in [6.45, 7) is 1.94. The van der Waals surface area contributed by atoms with Gasteiger partial charge in [-0.1, -0.05) is 25.7 Å². The molecule has 184 valence electrons. The molecule has 13 heteroatoms. The molecule has 1 saturated heterocycles. The molecule has 0 bridgehead atoms. The summed E-state index contributed by atoms with van der Waals surface area (Å²) in [5.74, 6) is -3.59. The van der Waals surface area contributed by atoms with E-state index in [4.69, 9.17) is 5.11 Å². The molecular weight excluding hydrogens is 443 g/mol. The van der Waals surface area contributed by atoms with E-state index in [0.717, 1.165) is 25.7 Å². The minimum Gasteiger partial charge on any atom is -0.465 e. The van der Waals surface area contributed by atoms with E-state index in [0.29, 0.717) is 38.5 Å². The maximum atomic E-state index is 15.1. The topological polar surface area (TPSA) is 123 Å². The van der Waals surface area contributed by atoms with Crippen LogP contribution >= 0.6 is 0 Å². The van der Waals surface area contributed by atoms with Gasteiger partial charge in [-0.15, -0.1) is 0 Å². The molecule has 10 nitrogen and oxygen atoms in total. The smallest absolute Gasteiger partial charge is 0.404 e. The third kappa shape index (κ3) is 6.83. The highest BCUT2D eigenvalue weighted by Gasteiger charge is 2.28. The third-order valence-electron chi connectivity index (χ3n) is 6.12. The maximum Gasteiger partial charge on any atom is 0.404 e. The largest absolute Gasteiger partial charge is 0.465 e. The second kappa shape index (κ2) is 11.3. The summed E-state index contributed by atoms with van der Waals surface area (Å²) in [6.07, 6.45) is 0.209. The summed E-state index contributed by atoms with van der Waals surface area (Å²) < 4.78 is 41.8. The van der Waals surface area contributed by atoms with Crippen LogP contribution in [0.5, 0.6) is 0 Å². The Labute approximate surface area is 189 Å². The first-order valence-electron chi connectivity index (χ1n) is 11.1. The van der Waals surface area contributed by atoms with Gasteiger partial charge in [0.2, 0.25) is 11.7 Å². The predicted octanol–water partition coefficient (Wildman–Crippen LogP) is 2.21. The van der Waals surface area contributed by atoms with Crippen LogP contribution in [0.2, 0.25) is 0 Å². The normalized spacial score (nSPS) is 18.4. The number of alkyl halides is 2. The molecule has 2 amide bonds. The Hall–Kier alpha value is -2.83. The van der Waals surface area contributed by atoms with E-state index in [1.165, 1.54) is 0 Å². The highest BCUT2D eigenvalue weighted by Crippen LogP contribution is 2.31. The van der Waals surface area contributed by atoms with Crippen LogP contribution in [0.3, 0.4) is 0 Å². The van der Waals surface area contributed by atoms with Gasteiger partial charge in [0.15, 0.2) is 17.5 Å². The minimum absolute atomic E-state index is 0.111. The van der Waals surface area contributed by atoms with Crippen molar-refractivity contribution in [1.29, 1.82) is 0 Å². The fourth-order valence-electron chi connectivity index (χ4n) is 4.23. The van der Waals surface area contributed by atoms with Gasteiger partial charge in [-0.2, -0.15) is 4.39 Å². The fraction of sp³-hybridized carbons (Fsp3) is 0.700. The van der Waals surface area contributed by atoms with Gasteiger partial charge >= 0.3 is 6.09 Å². The molecule has 0 radical (unpaired) electrons. The number of carboxylic acid groups (broad SMARTS) is 1. The molecule has 1 aromatic heterocycles. The number of anilines is 2. The standard InChI is InChI=1S/C20H30F3N7O3/c1-29-6-8-30(9-7-29)18-14(21)16(25-17(26-18)15(22)23)27-28-19(31)13(11-24-20(32)33)10-12-4-2-3-5-12/h12-13,15,24H,2-11H2,1H3,(H,28,31)(H,32,33)(H,25,26,27)/t13-/m1/s1. The molecule has 0 aromatic carbocycles. The first-order valence-corrected chi connectivity index (χ1v) is 11.1. The molecule has 33 heavy (non-hydrogen) atoms. The van der Waals surface area contributed by atoms with Crippen molar-refractivity contribution in [3.8, 4) is 0 Å². The van der Waals surface area contributed by atoms with Gasteiger partial charge in [0.25, 0.3) is 6.43 Å². The zero-order chi connectivity index (χ0) is 24.0. The Morgan fingerprint density at radius 2 is 1.82 bits per heavy atom. The predicted molar refractivity (Wildman–Crippen MR) is 115 cm³/mol. The average Bonchev–Trinajstić information content (AvgIpc) is 3.29. The van der Waals surface area contributed by atoms with Gasteiger partial charge in [-0.05, 0) is 19.4 Å². The highest BCUT2D eigenvalue weighted by atomic mass is 19.3. The van der Waals surface area contributed by atoms with Crippen molar-refractivity contribution >= 4 is 23.6 Å². The Balaban J connectivity index is 1.73. The van der Waals surface area contributed by atoms with Crippen LogP contribution in [0.25, 0.3) is 0 Å². The first kappa shape index (κ1) is 24.8. The number of carbonyl (C=O) groups excluding carboxylic acids is 1. The Morgan fingerprint density at radius 3 is 2.42 bits per heavy atom. The molecule has 1 aromatic rings. The number of nitrogens with one attached hydrogen (secondary N) is 3. The number of nitrogens with zero attached hydrogens (tertiary/aromatic N) is 4. The van der Waals surface area contributed by atoms with E-state index in [1.54, 1.807) is 4.90 Å². The molecule has 1 atom stereocenters. The number of carbonyl (C=O) groups is 2. The second-order valence-corrected chi connectivity index (χ2v) is 8.54. The van der Waals surface area contributed by atoms with E-state index in [9.17, 15) is 18.4 Å². The van der Waals surface area contributed by atoms with Crippen molar-refractivity contribution in [2.45, 2.75) is 38.5 Å². The van der Waals surface area contributed by atoms with Crippen molar-refractivity contribution < 1.29 is 27.9 Å². The average molecular weight is 474 g/mol. The summed E-state index contributed by atoms with van der Waals surface area (Å²) in [5, 5.41) is 11.1. The molecule has 2 fully saturated rings. The van der Waals surface area contributed by atoms with Gasteiger partial charge in [-0.25, -0.2) is 23.5 Å². The van der Waals surface area contributed by atoms with E-state index in [2.05, 4.69) is 26.1 Å². The summed E-state index contributed by atoms with van der Waals surface area (Å²) >= 11 is 0. The first-order chi connectivity index (χ1) is 15.7. The quantitative estimate of drug-likeness (QED) is 0.403. The number of amides is 2. The number of hydrogen-bond acceptors (Lipinski definition) is 7. The van der Waals surface area contributed by atoms with Gasteiger partial charge in [0.1, 0.15) is 0 Å². The van der Waals surface area contributed by atoms with Crippen molar-refractivity contribution in [1.82, 2.24) is 25.6 Å². The number of hydrogen-bond donors (Lipinski definition) is 4. The van der Waals surface area contributed by atoms with Crippen LogP contribution in [-0.2, 0) is 4.79 Å². The zero-order valence-corrected chi connectivity index (χ0v) is 18.5. The monoisotopic (exact) mass is 473 g/mol. The maximum absolute atomic E-state index is 15.1. The van der Waals surface area contributed by atoms with Crippen LogP contribution in [0.4, 0.5) is 29.6 Å². The van der Waals surface area contributed by atoms with Crippen molar-refractivity contribution in [3.05, 3.63) is 11.6 Å². The molecule has 1 aliphatic carbocycles. The van der Waals surface area contributed by atoms with E-state index >= 15 is 4.39 Å². The highest BCUT2D eigenvalue weighted by molar-refractivity contribution is 5.80. The minimum atomic E-state index is -3.03. The van der Waals surface area contributed by atoms with Crippen molar-refractivity contribution in [2.75, 3.05) is 50.1 Å². The lowest BCUT2D eigenvalue weighted by Crippen LogP contribution is -2.45. The van der Waals surface area contributed by atoms with Gasteiger partial charge in [0, 0.05) is 32.7 Å². The lowest BCUT2D eigenvalue weighted by molar-refractivity contribution is -0.124. The van der Waals surface area contributed by atoms with Gasteiger partial charge in [-0.3, -0.25) is 15.6 Å². The van der Waals surface area contributed by atoms with Crippen LogP contribution in [0, 0.1) is 17.7 Å². The molecule has 0 spiro atoms. The summed E-state index contributed by atoms with van der Waals surface area (Å²) in [5.41, 5.74) is 4.64. The summed E-state index contributed by atoms with van der Waals surface area (Å²) in [4.78, 5) is 34.5.